The van der Waals surface area contributed by atoms with Crippen LogP contribution in [0.1, 0.15) is 44.7 Å². The Labute approximate surface area is 103 Å². The molecule has 0 aliphatic carbocycles. The largest absolute Gasteiger partial charge is 0.472 e. The van der Waals surface area contributed by atoms with E-state index in [1.165, 1.54) is 31.4 Å². The third kappa shape index (κ3) is 1.90. The minimum absolute atomic E-state index is 0.541. The summed E-state index contributed by atoms with van der Waals surface area (Å²) in [6, 6.07) is 2.66. The van der Waals surface area contributed by atoms with E-state index in [-0.39, 0.29) is 0 Å². The Morgan fingerprint density at radius 3 is 2.94 bits per heavy atom. The van der Waals surface area contributed by atoms with Crippen molar-refractivity contribution >= 4 is 0 Å². The van der Waals surface area contributed by atoms with Crippen molar-refractivity contribution in [3.8, 4) is 0 Å². The van der Waals surface area contributed by atoms with E-state index in [2.05, 4.69) is 30.9 Å². The van der Waals surface area contributed by atoms with Crippen LogP contribution in [0.4, 0.5) is 0 Å². The number of piperidine rings is 1. The van der Waals surface area contributed by atoms with Gasteiger partial charge < -0.3 is 9.32 Å². The summed E-state index contributed by atoms with van der Waals surface area (Å²) in [6.45, 7) is 5.91. The number of rotatable bonds is 1. The third-order valence-corrected chi connectivity index (χ3v) is 4.25. The molecule has 1 saturated heterocycles. The molecular formula is C15H21NO. The quantitative estimate of drug-likeness (QED) is 0.727. The molecule has 1 aromatic rings. The van der Waals surface area contributed by atoms with Crippen molar-refractivity contribution in [1.29, 1.82) is 0 Å². The van der Waals surface area contributed by atoms with Crippen LogP contribution in [0.25, 0.3) is 0 Å². The molecule has 0 radical (unpaired) electrons. The highest BCUT2D eigenvalue weighted by Crippen LogP contribution is 2.42. The highest BCUT2D eigenvalue weighted by atomic mass is 16.3. The van der Waals surface area contributed by atoms with Gasteiger partial charge >= 0.3 is 0 Å². The normalized spacial score (nSPS) is 33.2. The Balaban J connectivity index is 1.91. The van der Waals surface area contributed by atoms with Crippen LogP contribution < -0.4 is 0 Å². The number of nitrogens with zero attached hydrogens (tertiary/aromatic N) is 1. The maximum absolute atomic E-state index is 5.25. The molecule has 1 fully saturated rings. The zero-order chi connectivity index (χ0) is 11.8. The second-order valence-electron chi connectivity index (χ2n) is 5.67. The first-order valence-electron chi connectivity index (χ1n) is 6.74. The fourth-order valence-corrected chi connectivity index (χ4v) is 3.27. The van der Waals surface area contributed by atoms with Crippen LogP contribution in [-0.2, 0) is 0 Å². The Hall–Kier alpha value is -1.18. The van der Waals surface area contributed by atoms with Crippen molar-refractivity contribution in [2.75, 3.05) is 6.54 Å². The Bertz CT molecular complexity index is 407. The van der Waals surface area contributed by atoms with Gasteiger partial charge in [0.25, 0.3) is 0 Å². The molecule has 1 aromatic heterocycles. The van der Waals surface area contributed by atoms with Crippen molar-refractivity contribution in [2.24, 2.45) is 11.8 Å². The molecule has 0 spiro atoms. The van der Waals surface area contributed by atoms with Crippen LogP contribution in [-0.4, -0.2) is 11.4 Å². The SMILES string of the molecule is CC1CC=C2C(C)CCC(c3ccoc3)N2C1. The number of allylic oxidation sites excluding steroid dienone is 2. The van der Waals surface area contributed by atoms with E-state index in [9.17, 15) is 0 Å². The lowest BCUT2D eigenvalue weighted by Gasteiger charge is -2.46. The van der Waals surface area contributed by atoms with Crippen LogP contribution in [0.2, 0.25) is 0 Å². The lowest BCUT2D eigenvalue weighted by atomic mass is 9.84. The predicted octanol–water partition coefficient (Wildman–Crippen LogP) is 3.98. The van der Waals surface area contributed by atoms with Gasteiger partial charge in [-0.1, -0.05) is 19.9 Å². The summed E-state index contributed by atoms with van der Waals surface area (Å²) < 4.78 is 5.25. The Morgan fingerprint density at radius 2 is 2.18 bits per heavy atom. The van der Waals surface area contributed by atoms with Crippen molar-refractivity contribution in [3.63, 3.8) is 0 Å². The van der Waals surface area contributed by atoms with Gasteiger partial charge in [0.1, 0.15) is 0 Å². The average Bonchev–Trinajstić information content (AvgIpc) is 2.83. The van der Waals surface area contributed by atoms with Crippen molar-refractivity contribution < 1.29 is 4.42 Å². The molecule has 92 valence electrons. The summed E-state index contributed by atoms with van der Waals surface area (Å²) in [7, 11) is 0. The fraction of sp³-hybridized carbons (Fsp3) is 0.600. The first-order chi connectivity index (χ1) is 8.25. The number of hydrogen-bond donors (Lipinski definition) is 0. The predicted molar refractivity (Wildman–Crippen MR) is 68.4 cm³/mol. The molecule has 0 bridgehead atoms. The second kappa shape index (κ2) is 4.25. The first-order valence-corrected chi connectivity index (χ1v) is 6.74. The molecular weight excluding hydrogens is 210 g/mol. The molecule has 3 unspecified atom stereocenters. The topological polar surface area (TPSA) is 16.4 Å². The summed E-state index contributed by atoms with van der Waals surface area (Å²) >= 11 is 0. The molecule has 0 saturated carbocycles. The minimum Gasteiger partial charge on any atom is -0.472 e. The molecule has 2 aliphatic rings. The third-order valence-electron chi connectivity index (χ3n) is 4.25. The van der Waals surface area contributed by atoms with E-state index in [1.54, 1.807) is 12.0 Å². The first kappa shape index (κ1) is 10.9. The maximum atomic E-state index is 5.25. The molecule has 0 N–H and O–H groups in total. The smallest absolute Gasteiger partial charge is 0.0955 e. The zero-order valence-corrected chi connectivity index (χ0v) is 10.7. The summed E-state index contributed by atoms with van der Waals surface area (Å²) in [5.74, 6) is 1.50. The van der Waals surface area contributed by atoms with Crippen LogP contribution in [0.3, 0.4) is 0 Å². The Morgan fingerprint density at radius 1 is 1.29 bits per heavy atom. The van der Waals surface area contributed by atoms with Crippen molar-refractivity contribution in [3.05, 3.63) is 35.9 Å². The van der Waals surface area contributed by atoms with Gasteiger partial charge in [0, 0.05) is 17.8 Å². The molecule has 0 amide bonds. The second-order valence-corrected chi connectivity index (χ2v) is 5.67. The van der Waals surface area contributed by atoms with Gasteiger partial charge in [0.2, 0.25) is 0 Å². The molecule has 3 heterocycles. The van der Waals surface area contributed by atoms with Gasteiger partial charge in [-0.05, 0) is 37.2 Å². The highest BCUT2D eigenvalue weighted by Gasteiger charge is 2.33. The molecule has 3 atom stereocenters. The molecule has 2 nitrogen and oxygen atoms in total. The monoisotopic (exact) mass is 231 g/mol. The maximum Gasteiger partial charge on any atom is 0.0955 e. The summed E-state index contributed by atoms with van der Waals surface area (Å²) in [5.41, 5.74) is 2.91. The molecule has 2 aliphatic heterocycles. The molecule has 3 rings (SSSR count). The van der Waals surface area contributed by atoms with Crippen LogP contribution >= 0.6 is 0 Å². The van der Waals surface area contributed by atoms with Crippen LogP contribution in [0, 0.1) is 11.8 Å². The lowest BCUT2D eigenvalue weighted by Crippen LogP contribution is -2.40. The van der Waals surface area contributed by atoms with Crippen LogP contribution in [0.5, 0.6) is 0 Å². The zero-order valence-electron chi connectivity index (χ0n) is 10.7. The molecule has 0 aromatic carbocycles. The van der Waals surface area contributed by atoms with E-state index in [4.69, 9.17) is 4.42 Å². The van der Waals surface area contributed by atoms with Gasteiger partial charge in [0.05, 0.1) is 18.6 Å². The van der Waals surface area contributed by atoms with Gasteiger partial charge in [-0.3, -0.25) is 0 Å². The van der Waals surface area contributed by atoms with E-state index in [1.807, 2.05) is 6.26 Å². The average molecular weight is 231 g/mol. The number of fused-ring (bicyclic) bond motifs is 1. The van der Waals surface area contributed by atoms with Crippen molar-refractivity contribution in [2.45, 2.75) is 39.2 Å². The summed E-state index contributed by atoms with van der Waals surface area (Å²) in [6.07, 6.45) is 9.97. The van der Waals surface area contributed by atoms with Gasteiger partial charge in [-0.25, -0.2) is 0 Å². The number of hydrogen-bond acceptors (Lipinski definition) is 2. The van der Waals surface area contributed by atoms with E-state index < -0.39 is 0 Å². The van der Waals surface area contributed by atoms with Crippen molar-refractivity contribution in [1.82, 2.24) is 4.90 Å². The lowest BCUT2D eigenvalue weighted by molar-refractivity contribution is 0.137. The summed E-state index contributed by atoms with van der Waals surface area (Å²) in [4.78, 5) is 2.62. The van der Waals surface area contributed by atoms with E-state index >= 15 is 0 Å². The Kier molecular flexibility index (Phi) is 2.73. The summed E-state index contributed by atoms with van der Waals surface area (Å²) in [5, 5.41) is 0. The van der Waals surface area contributed by atoms with Crippen LogP contribution in [0.15, 0.2) is 34.8 Å². The van der Waals surface area contributed by atoms with Gasteiger partial charge in [-0.15, -0.1) is 0 Å². The van der Waals surface area contributed by atoms with Gasteiger partial charge in [0.15, 0.2) is 0 Å². The van der Waals surface area contributed by atoms with E-state index in [0.717, 1.165) is 11.8 Å². The fourth-order valence-electron chi connectivity index (χ4n) is 3.27. The molecule has 2 heteroatoms. The molecule has 17 heavy (non-hydrogen) atoms. The minimum atomic E-state index is 0.541. The van der Waals surface area contributed by atoms with E-state index in [0.29, 0.717) is 6.04 Å². The number of furan rings is 1. The van der Waals surface area contributed by atoms with Gasteiger partial charge in [-0.2, -0.15) is 0 Å². The standard InChI is InChI=1S/C15H21NO/c1-11-3-5-14-12(2)4-6-15(16(14)9-11)13-7-8-17-10-13/h5,7-8,10-12,15H,3-4,6,9H2,1-2H3. The highest BCUT2D eigenvalue weighted by molar-refractivity contribution is 5.21.